The van der Waals surface area contributed by atoms with Gasteiger partial charge in [0.1, 0.15) is 11.5 Å². The van der Waals surface area contributed by atoms with Gasteiger partial charge in [-0.2, -0.15) is 0 Å². The van der Waals surface area contributed by atoms with Gasteiger partial charge in [-0.3, -0.25) is 4.79 Å². The largest absolute Gasteiger partial charge is 0.497 e. The smallest absolute Gasteiger partial charge is 0.308 e. The van der Waals surface area contributed by atoms with Crippen molar-refractivity contribution in [2.24, 2.45) is 5.92 Å². The number of hydrogen-bond acceptors (Lipinski definition) is 4. The van der Waals surface area contributed by atoms with E-state index in [1.54, 1.807) is 21.1 Å². The van der Waals surface area contributed by atoms with Gasteiger partial charge in [-0.25, -0.2) is 0 Å². The van der Waals surface area contributed by atoms with Crippen LogP contribution in [0.4, 0.5) is 5.69 Å². The summed E-state index contributed by atoms with van der Waals surface area (Å²) >= 11 is 0. The summed E-state index contributed by atoms with van der Waals surface area (Å²) in [5.74, 6) is 0.204. The number of carboxylic acids is 1. The number of benzene rings is 1. The number of hydrogen-bond donors (Lipinski definition) is 1. The molecule has 5 nitrogen and oxygen atoms in total. The molecule has 1 rings (SSSR count). The maximum atomic E-state index is 11.2. The first-order chi connectivity index (χ1) is 10.5. The van der Waals surface area contributed by atoms with E-state index in [2.05, 4.69) is 11.8 Å². The molecular weight excluding hydrogens is 282 g/mol. The van der Waals surface area contributed by atoms with Crippen LogP contribution in [-0.2, 0) is 4.79 Å². The summed E-state index contributed by atoms with van der Waals surface area (Å²) in [4.78, 5) is 13.3. The Morgan fingerprint density at radius 1 is 1.27 bits per heavy atom. The number of anilines is 1. The molecule has 0 spiro atoms. The number of aliphatic carboxylic acids is 1. The summed E-state index contributed by atoms with van der Waals surface area (Å²) in [6.07, 6.45) is 3.27. The maximum Gasteiger partial charge on any atom is 0.308 e. The van der Waals surface area contributed by atoms with Crippen molar-refractivity contribution < 1.29 is 19.4 Å². The van der Waals surface area contributed by atoms with Crippen LogP contribution in [0.3, 0.4) is 0 Å². The lowest BCUT2D eigenvalue weighted by molar-refractivity contribution is -0.140. The summed E-state index contributed by atoms with van der Waals surface area (Å²) in [5, 5.41) is 9.18. The van der Waals surface area contributed by atoms with Crippen molar-refractivity contribution in [2.45, 2.75) is 33.1 Å². The van der Waals surface area contributed by atoms with Gasteiger partial charge in [0.2, 0.25) is 0 Å². The molecule has 0 saturated carbocycles. The Kier molecular flexibility index (Phi) is 7.57. The highest BCUT2D eigenvalue weighted by molar-refractivity contribution is 5.71. The number of nitrogens with zero attached hydrogens (tertiary/aromatic N) is 1. The molecule has 0 heterocycles. The first-order valence-electron chi connectivity index (χ1n) is 7.73. The number of rotatable bonds is 10. The Morgan fingerprint density at radius 2 is 2.00 bits per heavy atom. The average molecular weight is 309 g/mol. The van der Waals surface area contributed by atoms with Gasteiger partial charge in [0.15, 0.2) is 0 Å². The van der Waals surface area contributed by atoms with Crippen LogP contribution in [0.15, 0.2) is 18.2 Å². The topological polar surface area (TPSA) is 59.0 Å². The van der Waals surface area contributed by atoms with Crippen LogP contribution in [0, 0.1) is 5.92 Å². The van der Waals surface area contributed by atoms with E-state index < -0.39 is 11.9 Å². The van der Waals surface area contributed by atoms with Crippen LogP contribution >= 0.6 is 0 Å². The van der Waals surface area contributed by atoms with Gasteiger partial charge in [0.05, 0.1) is 25.8 Å². The molecule has 0 aliphatic rings. The second-order valence-corrected chi connectivity index (χ2v) is 5.43. The van der Waals surface area contributed by atoms with Gasteiger partial charge in [-0.05, 0) is 18.6 Å². The first-order valence-corrected chi connectivity index (χ1v) is 7.73. The molecule has 0 radical (unpaired) electrons. The molecule has 0 amide bonds. The molecule has 1 N–H and O–H groups in total. The maximum absolute atomic E-state index is 11.2. The van der Waals surface area contributed by atoms with Crippen LogP contribution < -0.4 is 14.4 Å². The van der Waals surface area contributed by atoms with Crippen LogP contribution in [0.5, 0.6) is 11.5 Å². The minimum atomic E-state index is -0.784. The van der Waals surface area contributed by atoms with Crippen molar-refractivity contribution in [3.05, 3.63) is 18.2 Å². The highest BCUT2D eigenvalue weighted by Gasteiger charge is 2.19. The van der Waals surface area contributed by atoms with E-state index in [0.717, 1.165) is 37.2 Å². The molecule has 124 valence electrons. The lowest BCUT2D eigenvalue weighted by Crippen LogP contribution is -2.33. The number of carbonyl (C=O) groups is 1. The van der Waals surface area contributed by atoms with Crippen LogP contribution in [0.1, 0.15) is 33.1 Å². The summed E-state index contributed by atoms with van der Waals surface area (Å²) in [7, 11) is 3.23. The summed E-state index contributed by atoms with van der Waals surface area (Å²) in [5.41, 5.74) is 0.910. The highest BCUT2D eigenvalue weighted by atomic mass is 16.5. The third-order valence-electron chi connectivity index (χ3n) is 3.67. The van der Waals surface area contributed by atoms with Crippen LogP contribution in [-0.4, -0.2) is 38.4 Å². The predicted molar refractivity (Wildman–Crippen MR) is 88.1 cm³/mol. The van der Waals surface area contributed by atoms with Crippen molar-refractivity contribution in [2.75, 3.05) is 32.2 Å². The van der Waals surface area contributed by atoms with Crippen molar-refractivity contribution in [3.8, 4) is 11.5 Å². The number of carboxylic acid groups (broad SMARTS) is 1. The van der Waals surface area contributed by atoms with Gasteiger partial charge in [0, 0.05) is 19.2 Å². The quantitative estimate of drug-likeness (QED) is 0.671. The molecule has 1 unspecified atom stereocenters. The van der Waals surface area contributed by atoms with E-state index in [-0.39, 0.29) is 0 Å². The molecule has 1 aromatic rings. The Morgan fingerprint density at radius 3 is 2.55 bits per heavy atom. The van der Waals surface area contributed by atoms with Gasteiger partial charge >= 0.3 is 5.97 Å². The molecule has 5 heteroatoms. The Bertz CT molecular complexity index is 476. The summed E-state index contributed by atoms with van der Waals surface area (Å²) < 4.78 is 10.7. The lowest BCUT2D eigenvalue weighted by atomic mass is 10.1. The van der Waals surface area contributed by atoms with E-state index in [9.17, 15) is 9.90 Å². The Balaban J connectivity index is 3.00. The zero-order valence-corrected chi connectivity index (χ0v) is 14.0. The second-order valence-electron chi connectivity index (χ2n) is 5.43. The number of methoxy groups -OCH3 is 2. The van der Waals surface area contributed by atoms with E-state index in [0.29, 0.717) is 12.3 Å². The van der Waals surface area contributed by atoms with Crippen LogP contribution in [0.2, 0.25) is 0 Å². The fourth-order valence-corrected chi connectivity index (χ4v) is 2.32. The number of ether oxygens (including phenoxy) is 2. The Hall–Kier alpha value is -1.91. The van der Waals surface area contributed by atoms with Crippen molar-refractivity contribution in [1.82, 2.24) is 0 Å². The standard InChI is InChI=1S/C17H27NO4/c1-5-6-7-10-18(12-13(2)17(19)20)15-9-8-14(21-3)11-16(15)22-4/h8-9,11,13H,5-7,10,12H2,1-4H3,(H,19,20). The zero-order chi connectivity index (χ0) is 16.5. The normalized spacial score (nSPS) is 11.8. The third kappa shape index (κ3) is 5.13. The van der Waals surface area contributed by atoms with E-state index in [4.69, 9.17) is 9.47 Å². The van der Waals surface area contributed by atoms with Crippen molar-refractivity contribution >= 4 is 11.7 Å². The van der Waals surface area contributed by atoms with Crippen LogP contribution in [0.25, 0.3) is 0 Å². The van der Waals surface area contributed by atoms with Crippen molar-refractivity contribution in [1.29, 1.82) is 0 Å². The minimum Gasteiger partial charge on any atom is -0.497 e. The second kappa shape index (κ2) is 9.18. The van der Waals surface area contributed by atoms with Gasteiger partial charge in [-0.1, -0.05) is 26.7 Å². The van der Waals surface area contributed by atoms with Gasteiger partial charge < -0.3 is 19.5 Å². The molecule has 0 saturated heterocycles. The highest BCUT2D eigenvalue weighted by Crippen LogP contribution is 2.33. The average Bonchev–Trinajstić information content (AvgIpc) is 2.53. The molecular formula is C17H27NO4. The molecule has 0 aromatic heterocycles. The zero-order valence-electron chi connectivity index (χ0n) is 14.0. The summed E-state index contributed by atoms with van der Waals surface area (Å²) in [6, 6.07) is 5.63. The van der Waals surface area contributed by atoms with E-state index in [1.165, 1.54) is 0 Å². The fraction of sp³-hybridized carbons (Fsp3) is 0.588. The molecule has 1 aromatic carbocycles. The molecule has 0 bridgehead atoms. The van der Waals surface area contributed by atoms with Gasteiger partial charge in [0.25, 0.3) is 0 Å². The lowest BCUT2D eigenvalue weighted by Gasteiger charge is -2.28. The molecule has 1 atom stereocenters. The number of unbranched alkanes of at least 4 members (excludes halogenated alkanes) is 2. The molecule has 0 fully saturated rings. The molecule has 0 aliphatic carbocycles. The third-order valence-corrected chi connectivity index (χ3v) is 3.67. The van der Waals surface area contributed by atoms with E-state index >= 15 is 0 Å². The summed E-state index contributed by atoms with van der Waals surface area (Å²) in [6.45, 7) is 5.15. The SMILES string of the molecule is CCCCCN(CC(C)C(=O)O)c1ccc(OC)cc1OC. The first kappa shape index (κ1) is 18.1. The van der Waals surface area contributed by atoms with Crippen molar-refractivity contribution in [3.63, 3.8) is 0 Å². The monoisotopic (exact) mass is 309 g/mol. The Labute approximate surface area is 132 Å². The molecule has 22 heavy (non-hydrogen) atoms. The minimum absolute atomic E-state index is 0.437. The van der Waals surface area contributed by atoms with Gasteiger partial charge in [-0.15, -0.1) is 0 Å². The predicted octanol–water partition coefficient (Wildman–Crippen LogP) is 3.42. The fourth-order valence-electron chi connectivity index (χ4n) is 2.32. The molecule has 0 aliphatic heterocycles. The van der Waals surface area contributed by atoms with E-state index in [1.807, 2.05) is 18.2 Å².